The van der Waals surface area contributed by atoms with Crippen molar-refractivity contribution in [3.05, 3.63) is 100 Å². The van der Waals surface area contributed by atoms with Crippen LogP contribution in [0, 0.1) is 13.8 Å². The van der Waals surface area contributed by atoms with E-state index < -0.39 is 0 Å². The highest BCUT2D eigenvalue weighted by molar-refractivity contribution is 5.93. The zero-order valence-corrected chi connectivity index (χ0v) is 15.2. The Hall–Kier alpha value is -2.84. The molecule has 3 aromatic carbocycles. The summed E-state index contributed by atoms with van der Waals surface area (Å²) in [5, 5.41) is 12.3. The van der Waals surface area contributed by atoms with Crippen molar-refractivity contribution in [2.24, 2.45) is 0 Å². The number of hydroxylamine groups is 1. The third-order valence-electron chi connectivity index (χ3n) is 5.13. The Labute approximate surface area is 155 Å². The maximum Gasteiger partial charge on any atom is 0.0742 e. The summed E-state index contributed by atoms with van der Waals surface area (Å²) in [6.07, 6.45) is 3.16. The van der Waals surface area contributed by atoms with E-state index in [-0.39, 0.29) is 0 Å². The molecule has 1 aliphatic rings. The van der Waals surface area contributed by atoms with Crippen LogP contribution in [-0.2, 0) is 13.0 Å². The fourth-order valence-corrected chi connectivity index (χ4v) is 3.87. The molecule has 0 aromatic heterocycles. The van der Waals surface area contributed by atoms with Crippen molar-refractivity contribution in [1.82, 2.24) is 0 Å². The molecule has 1 N–H and O–H groups in total. The second-order valence-corrected chi connectivity index (χ2v) is 7.01. The molecule has 0 saturated carbocycles. The van der Waals surface area contributed by atoms with Crippen LogP contribution in [0.2, 0.25) is 0 Å². The van der Waals surface area contributed by atoms with Crippen molar-refractivity contribution in [2.75, 3.05) is 5.06 Å². The minimum absolute atomic E-state index is 0.478. The Balaban J connectivity index is 1.75. The number of allylic oxidation sites excluding steroid dienone is 1. The number of rotatable bonds is 4. The average Bonchev–Trinajstić information content (AvgIpc) is 3.09. The summed E-state index contributed by atoms with van der Waals surface area (Å²) in [4.78, 5) is 0. The third kappa shape index (κ3) is 3.04. The van der Waals surface area contributed by atoms with Crippen LogP contribution in [-0.4, -0.2) is 5.21 Å². The predicted molar refractivity (Wildman–Crippen MR) is 108 cm³/mol. The molecule has 0 saturated heterocycles. The number of benzene rings is 3. The predicted octanol–water partition coefficient (Wildman–Crippen LogP) is 5.80. The Morgan fingerprint density at radius 1 is 0.885 bits per heavy atom. The van der Waals surface area contributed by atoms with E-state index in [0.29, 0.717) is 6.54 Å². The van der Waals surface area contributed by atoms with Gasteiger partial charge in [0, 0.05) is 5.56 Å². The summed E-state index contributed by atoms with van der Waals surface area (Å²) in [7, 11) is 0. The van der Waals surface area contributed by atoms with E-state index in [1.807, 2.05) is 36.4 Å². The summed E-state index contributed by atoms with van der Waals surface area (Å²) in [6, 6.07) is 22.8. The quantitative estimate of drug-likeness (QED) is 0.607. The standard InChI is InChI=1S/C24H23NO/c1-17-13-18(2)24(25(26)16-19-9-5-3-6-10-19)23-15-21(14-22(17)23)20-11-7-4-8-12-20/h3-13,15,26H,14,16H2,1-2H3. The van der Waals surface area contributed by atoms with Gasteiger partial charge in [-0.2, -0.15) is 0 Å². The van der Waals surface area contributed by atoms with Gasteiger partial charge in [-0.3, -0.25) is 10.3 Å². The smallest absolute Gasteiger partial charge is 0.0742 e. The van der Waals surface area contributed by atoms with Gasteiger partial charge >= 0.3 is 0 Å². The number of anilines is 1. The van der Waals surface area contributed by atoms with Gasteiger partial charge in [-0.05, 0) is 59.7 Å². The van der Waals surface area contributed by atoms with E-state index in [1.54, 1.807) is 0 Å². The molecule has 1 aliphatic carbocycles. The molecule has 0 fully saturated rings. The molecule has 3 aromatic rings. The van der Waals surface area contributed by atoms with Crippen LogP contribution in [0.1, 0.15) is 33.4 Å². The van der Waals surface area contributed by atoms with Gasteiger partial charge in [0.25, 0.3) is 0 Å². The molecule has 2 heteroatoms. The van der Waals surface area contributed by atoms with Gasteiger partial charge in [0.1, 0.15) is 0 Å². The van der Waals surface area contributed by atoms with Gasteiger partial charge < -0.3 is 0 Å². The van der Waals surface area contributed by atoms with Crippen molar-refractivity contribution < 1.29 is 5.21 Å². The highest BCUT2D eigenvalue weighted by Crippen LogP contribution is 2.40. The molecule has 0 atom stereocenters. The molecule has 2 nitrogen and oxygen atoms in total. The van der Waals surface area contributed by atoms with Crippen molar-refractivity contribution in [3.8, 4) is 0 Å². The Morgan fingerprint density at radius 2 is 1.54 bits per heavy atom. The van der Waals surface area contributed by atoms with E-state index in [1.165, 1.54) is 27.3 Å². The molecule has 0 bridgehead atoms. The topological polar surface area (TPSA) is 23.5 Å². The molecule has 0 unspecified atom stereocenters. The third-order valence-corrected chi connectivity index (χ3v) is 5.13. The number of fused-ring (bicyclic) bond motifs is 1. The van der Waals surface area contributed by atoms with E-state index in [4.69, 9.17) is 0 Å². The van der Waals surface area contributed by atoms with Crippen LogP contribution >= 0.6 is 0 Å². The van der Waals surface area contributed by atoms with Crippen molar-refractivity contribution in [1.29, 1.82) is 0 Å². The van der Waals surface area contributed by atoms with Gasteiger partial charge in [0.15, 0.2) is 0 Å². The summed E-state index contributed by atoms with van der Waals surface area (Å²) in [5.74, 6) is 0. The molecule has 0 spiro atoms. The van der Waals surface area contributed by atoms with Gasteiger partial charge in [-0.1, -0.05) is 66.7 Å². The number of nitrogens with zero attached hydrogens (tertiary/aromatic N) is 1. The Morgan fingerprint density at radius 3 is 2.23 bits per heavy atom. The fraction of sp³-hybridized carbons (Fsp3) is 0.167. The lowest BCUT2D eigenvalue weighted by atomic mass is 9.97. The maximum atomic E-state index is 10.9. The summed E-state index contributed by atoms with van der Waals surface area (Å²) in [5.41, 5.74) is 9.43. The van der Waals surface area contributed by atoms with Crippen molar-refractivity contribution in [3.63, 3.8) is 0 Å². The van der Waals surface area contributed by atoms with E-state index in [0.717, 1.165) is 28.8 Å². The first-order valence-corrected chi connectivity index (χ1v) is 9.03. The fourth-order valence-electron chi connectivity index (χ4n) is 3.87. The number of hydrogen-bond acceptors (Lipinski definition) is 2. The van der Waals surface area contributed by atoms with Crippen molar-refractivity contribution >= 4 is 17.3 Å². The first kappa shape index (κ1) is 16.6. The zero-order chi connectivity index (χ0) is 18.1. The monoisotopic (exact) mass is 341 g/mol. The molecule has 4 rings (SSSR count). The molecule has 0 aliphatic heterocycles. The summed E-state index contributed by atoms with van der Waals surface area (Å²) < 4.78 is 0. The normalized spacial score (nSPS) is 12.7. The largest absolute Gasteiger partial charge is 0.288 e. The molecule has 130 valence electrons. The molecule has 0 heterocycles. The molecule has 26 heavy (non-hydrogen) atoms. The molecular weight excluding hydrogens is 318 g/mol. The lowest BCUT2D eigenvalue weighted by molar-refractivity contribution is 0.249. The van der Waals surface area contributed by atoms with Crippen LogP contribution in [0.4, 0.5) is 5.69 Å². The van der Waals surface area contributed by atoms with E-state index in [2.05, 4.69) is 50.3 Å². The summed E-state index contributed by atoms with van der Waals surface area (Å²) in [6.45, 7) is 4.72. The van der Waals surface area contributed by atoms with Gasteiger partial charge in [-0.15, -0.1) is 0 Å². The second kappa shape index (κ2) is 6.81. The lowest BCUT2D eigenvalue weighted by Gasteiger charge is -2.23. The van der Waals surface area contributed by atoms with Crippen LogP contribution in [0.3, 0.4) is 0 Å². The Bertz CT molecular complexity index is 959. The van der Waals surface area contributed by atoms with Gasteiger partial charge in [0.2, 0.25) is 0 Å². The molecule has 0 amide bonds. The van der Waals surface area contributed by atoms with E-state index >= 15 is 0 Å². The van der Waals surface area contributed by atoms with E-state index in [9.17, 15) is 5.21 Å². The van der Waals surface area contributed by atoms with Crippen LogP contribution in [0.15, 0.2) is 66.7 Å². The van der Waals surface area contributed by atoms with Crippen LogP contribution in [0.5, 0.6) is 0 Å². The van der Waals surface area contributed by atoms with Crippen LogP contribution in [0.25, 0.3) is 11.6 Å². The first-order chi connectivity index (χ1) is 12.6. The molecule has 0 radical (unpaired) electrons. The first-order valence-electron chi connectivity index (χ1n) is 9.03. The highest BCUT2D eigenvalue weighted by Gasteiger charge is 2.23. The molecular formula is C24H23NO. The zero-order valence-electron chi connectivity index (χ0n) is 15.2. The maximum absolute atomic E-state index is 10.9. The summed E-state index contributed by atoms with van der Waals surface area (Å²) >= 11 is 0. The number of aryl methyl sites for hydroxylation is 2. The SMILES string of the molecule is Cc1cc(C)c(N(O)Cc2ccccc2)c2c1CC(c1ccccc1)=C2. The number of hydrogen-bond donors (Lipinski definition) is 1. The average molecular weight is 341 g/mol. The second-order valence-electron chi connectivity index (χ2n) is 7.01. The Kier molecular flexibility index (Phi) is 4.36. The van der Waals surface area contributed by atoms with Crippen molar-refractivity contribution in [2.45, 2.75) is 26.8 Å². The minimum atomic E-state index is 0.478. The van der Waals surface area contributed by atoms with Gasteiger partial charge in [-0.25, -0.2) is 0 Å². The van der Waals surface area contributed by atoms with Crippen LogP contribution < -0.4 is 5.06 Å². The minimum Gasteiger partial charge on any atom is -0.288 e. The van der Waals surface area contributed by atoms with Gasteiger partial charge in [0.05, 0.1) is 12.2 Å². The lowest BCUT2D eigenvalue weighted by Crippen LogP contribution is -2.20. The highest BCUT2D eigenvalue weighted by atomic mass is 16.5.